The van der Waals surface area contributed by atoms with Crippen molar-refractivity contribution in [2.45, 2.75) is 45.6 Å². The maximum absolute atomic E-state index is 14.0. The maximum Gasteiger partial charge on any atom is 0.412 e. The summed E-state index contributed by atoms with van der Waals surface area (Å²) in [5.41, 5.74) is -0.107. The number of benzene rings is 2. The van der Waals surface area contributed by atoms with Crippen molar-refractivity contribution in [3.63, 3.8) is 0 Å². The number of para-hydroxylation sites is 1. The van der Waals surface area contributed by atoms with Crippen molar-refractivity contribution in [2.24, 2.45) is 0 Å². The van der Waals surface area contributed by atoms with Gasteiger partial charge >= 0.3 is 6.09 Å². The lowest BCUT2D eigenvalue weighted by atomic mass is 10.2. The van der Waals surface area contributed by atoms with E-state index in [0.717, 1.165) is 6.07 Å². The topological polar surface area (TPSA) is 113 Å². The summed E-state index contributed by atoms with van der Waals surface area (Å²) in [7, 11) is 0. The van der Waals surface area contributed by atoms with Crippen LogP contribution < -0.4 is 16.2 Å². The molecule has 0 fully saturated rings. The van der Waals surface area contributed by atoms with E-state index in [-0.39, 0.29) is 23.6 Å². The Hall–Kier alpha value is -3.75. The molecule has 0 aliphatic heterocycles. The molecule has 8 nitrogen and oxygen atoms in total. The minimum absolute atomic E-state index is 0.102. The predicted octanol–water partition coefficient (Wildman–Crippen LogP) is 4.37. The second kappa shape index (κ2) is 9.59. The summed E-state index contributed by atoms with van der Waals surface area (Å²) >= 11 is 0. The van der Waals surface area contributed by atoms with Crippen molar-refractivity contribution in [1.29, 1.82) is 0 Å². The molecule has 2 amide bonds. The number of anilines is 2. The molecule has 3 rings (SSSR count). The lowest BCUT2D eigenvalue weighted by molar-refractivity contribution is -0.116. The first-order valence-corrected chi connectivity index (χ1v) is 10.2. The van der Waals surface area contributed by atoms with Gasteiger partial charge in [0.1, 0.15) is 17.2 Å². The molecule has 32 heavy (non-hydrogen) atoms. The highest BCUT2D eigenvalue weighted by Gasteiger charge is 2.18. The Morgan fingerprint density at radius 2 is 1.88 bits per heavy atom. The minimum Gasteiger partial charge on any atom is -0.444 e. The summed E-state index contributed by atoms with van der Waals surface area (Å²) in [5, 5.41) is 5.52. The van der Waals surface area contributed by atoms with Gasteiger partial charge in [0.25, 0.3) is 5.56 Å². The number of ether oxygens (including phenoxy) is 1. The van der Waals surface area contributed by atoms with Gasteiger partial charge in [-0.3, -0.25) is 14.9 Å². The molecule has 0 atom stereocenters. The van der Waals surface area contributed by atoms with Gasteiger partial charge in [-0.05, 0) is 57.5 Å². The first-order chi connectivity index (χ1) is 15.1. The largest absolute Gasteiger partial charge is 0.444 e. The first kappa shape index (κ1) is 22.9. The Kier molecular flexibility index (Phi) is 6.87. The zero-order valence-corrected chi connectivity index (χ0v) is 18.1. The number of carbonyl (C=O) groups excluding carboxylic acids is 2. The van der Waals surface area contributed by atoms with Crippen LogP contribution in [0.15, 0.2) is 47.3 Å². The number of fused-ring (bicyclic) bond motifs is 1. The highest BCUT2D eigenvalue weighted by molar-refractivity contribution is 5.92. The van der Waals surface area contributed by atoms with Gasteiger partial charge in [0.05, 0.1) is 16.6 Å². The van der Waals surface area contributed by atoms with Crippen LogP contribution in [0.5, 0.6) is 0 Å². The van der Waals surface area contributed by atoms with E-state index in [1.165, 1.54) is 12.1 Å². The van der Waals surface area contributed by atoms with E-state index in [1.54, 1.807) is 45.0 Å². The molecule has 0 saturated carbocycles. The normalized spacial score (nSPS) is 11.2. The van der Waals surface area contributed by atoms with Crippen molar-refractivity contribution in [3.05, 3.63) is 64.5 Å². The fourth-order valence-electron chi connectivity index (χ4n) is 3.01. The van der Waals surface area contributed by atoms with E-state index in [4.69, 9.17) is 4.74 Å². The smallest absolute Gasteiger partial charge is 0.412 e. The summed E-state index contributed by atoms with van der Waals surface area (Å²) in [5.74, 6) is -0.435. The number of hydrogen-bond donors (Lipinski definition) is 3. The molecule has 2 aromatic carbocycles. The van der Waals surface area contributed by atoms with Gasteiger partial charge in [-0.1, -0.05) is 12.1 Å². The van der Waals surface area contributed by atoms with Crippen molar-refractivity contribution in [2.75, 3.05) is 10.6 Å². The number of H-pyrrole nitrogens is 1. The van der Waals surface area contributed by atoms with E-state index in [0.29, 0.717) is 35.3 Å². The van der Waals surface area contributed by atoms with Crippen LogP contribution in [0.25, 0.3) is 10.9 Å². The third-order valence-corrected chi connectivity index (χ3v) is 4.37. The van der Waals surface area contributed by atoms with Crippen LogP contribution >= 0.6 is 0 Å². The second-order valence-electron chi connectivity index (χ2n) is 8.25. The van der Waals surface area contributed by atoms with Crippen molar-refractivity contribution in [3.8, 4) is 0 Å². The molecule has 0 spiro atoms. The quantitative estimate of drug-likeness (QED) is 0.527. The average molecular weight is 440 g/mol. The van der Waals surface area contributed by atoms with Crippen molar-refractivity contribution < 1.29 is 18.7 Å². The number of carbonyl (C=O) groups is 2. The maximum atomic E-state index is 14.0. The highest BCUT2D eigenvalue weighted by Crippen LogP contribution is 2.21. The van der Waals surface area contributed by atoms with E-state index in [2.05, 4.69) is 20.6 Å². The van der Waals surface area contributed by atoms with Crippen LogP contribution in [0.3, 0.4) is 0 Å². The first-order valence-electron chi connectivity index (χ1n) is 10.2. The molecule has 9 heteroatoms. The number of nitrogens with zero attached hydrogens (tertiary/aromatic N) is 1. The molecule has 0 radical (unpaired) electrons. The highest BCUT2D eigenvalue weighted by atomic mass is 19.1. The molecule has 168 valence electrons. The zero-order chi connectivity index (χ0) is 23.3. The van der Waals surface area contributed by atoms with Crippen molar-refractivity contribution in [1.82, 2.24) is 9.97 Å². The molecule has 3 N–H and O–H groups in total. The lowest BCUT2D eigenvalue weighted by Gasteiger charge is -2.20. The molecule has 0 aliphatic carbocycles. The number of halogens is 1. The van der Waals surface area contributed by atoms with Gasteiger partial charge in [0.15, 0.2) is 0 Å². The fourth-order valence-corrected chi connectivity index (χ4v) is 3.01. The van der Waals surface area contributed by atoms with Crippen LogP contribution in [-0.2, 0) is 16.0 Å². The predicted molar refractivity (Wildman–Crippen MR) is 120 cm³/mol. The number of aromatic nitrogens is 2. The Bertz CT molecular complexity index is 1200. The van der Waals surface area contributed by atoms with Crippen LogP contribution in [0, 0.1) is 5.82 Å². The third-order valence-electron chi connectivity index (χ3n) is 4.37. The summed E-state index contributed by atoms with van der Waals surface area (Å²) in [4.78, 5) is 43.4. The van der Waals surface area contributed by atoms with Gasteiger partial charge in [-0.15, -0.1) is 0 Å². The molecular weight excluding hydrogens is 415 g/mol. The van der Waals surface area contributed by atoms with E-state index >= 15 is 0 Å². The van der Waals surface area contributed by atoms with Gasteiger partial charge < -0.3 is 15.0 Å². The van der Waals surface area contributed by atoms with E-state index in [1.807, 2.05) is 0 Å². The molecule has 0 aliphatic rings. The van der Waals surface area contributed by atoms with Gasteiger partial charge in [0, 0.05) is 18.5 Å². The molecule has 0 saturated heterocycles. The number of amides is 2. The third kappa shape index (κ3) is 6.37. The second-order valence-corrected chi connectivity index (χ2v) is 8.25. The summed E-state index contributed by atoms with van der Waals surface area (Å²) in [6.45, 7) is 5.09. The summed E-state index contributed by atoms with van der Waals surface area (Å²) in [6.07, 6.45) is 0.249. The van der Waals surface area contributed by atoms with Gasteiger partial charge in [0.2, 0.25) is 5.91 Å². The van der Waals surface area contributed by atoms with E-state index in [9.17, 15) is 18.8 Å². The van der Waals surface area contributed by atoms with Crippen LogP contribution in [0.4, 0.5) is 20.6 Å². The summed E-state index contributed by atoms with van der Waals surface area (Å²) in [6, 6.07) is 10.9. The Morgan fingerprint density at radius 1 is 1.12 bits per heavy atom. The number of rotatable bonds is 6. The molecule has 3 aromatic rings. The van der Waals surface area contributed by atoms with Crippen molar-refractivity contribution >= 4 is 34.3 Å². The lowest BCUT2D eigenvalue weighted by Crippen LogP contribution is -2.27. The van der Waals surface area contributed by atoms with Gasteiger partial charge in [-0.25, -0.2) is 14.2 Å². The zero-order valence-electron chi connectivity index (χ0n) is 18.1. The van der Waals surface area contributed by atoms with Crippen LogP contribution in [-0.4, -0.2) is 27.6 Å². The minimum atomic E-state index is -0.795. The van der Waals surface area contributed by atoms with Crippen LogP contribution in [0.2, 0.25) is 0 Å². The standard InChI is InChI=1S/C23H25FN4O4/c1-23(2,3)32-22(31)27-18-13-14(11-12-16(18)24)25-20(29)10-6-9-19-26-17-8-5-4-7-15(17)21(30)28-19/h4-5,7-8,11-13H,6,9-10H2,1-3H3,(H,25,29)(H,27,31)(H,26,28,30). The Balaban J connectivity index is 1.56. The number of aromatic amines is 1. The number of aryl methyl sites for hydroxylation is 1. The molecule has 0 unspecified atom stereocenters. The SMILES string of the molecule is CC(C)(C)OC(=O)Nc1cc(NC(=O)CCCc2nc3ccccc3c(=O)[nH]2)ccc1F. The molecular formula is C23H25FN4O4. The fraction of sp³-hybridized carbons (Fsp3) is 0.304. The Labute approximate surface area is 184 Å². The number of nitrogens with one attached hydrogen (secondary N) is 3. The molecule has 1 heterocycles. The molecule has 0 bridgehead atoms. The van der Waals surface area contributed by atoms with E-state index < -0.39 is 17.5 Å². The van der Waals surface area contributed by atoms with Crippen LogP contribution in [0.1, 0.15) is 39.4 Å². The summed E-state index contributed by atoms with van der Waals surface area (Å²) < 4.78 is 19.1. The number of hydrogen-bond acceptors (Lipinski definition) is 5. The van der Waals surface area contributed by atoms with Gasteiger partial charge in [-0.2, -0.15) is 0 Å². The molecule has 1 aromatic heterocycles. The monoisotopic (exact) mass is 440 g/mol. The average Bonchev–Trinajstić information content (AvgIpc) is 2.69. The Morgan fingerprint density at radius 3 is 2.62 bits per heavy atom.